The predicted molar refractivity (Wildman–Crippen MR) is 91.9 cm³/mol. The van der Waals surface area contributed by atoms with Gasteiger partial charge in [-0.05, 0) is 62.1 Å². The highest BCUT2D eigenvalue weighted by molar-refractivity contribution is 7.86. The van der Waals surface area contributed by atoms with Crippen molar-refractivity contribution >= 4 is 10.1 Å². The van der Waals surface area contributed by atoms with Crippen molar-refractivity contribution in [3.63, 3.8) is 0 Å². The minimum Gasteiger partial charge on any atom is -0.457 e. The summed E-state index contributed by atoms with van der Waals surface area (Å²) in [4.78, 5) is 0. The highest BCUT2D eigenvalue weighted by Gasteiger charge is 2.30. The zero-order valence-corrected chi connectivity index (χ0v) is 14.8. The Balaban J connectivity index is 2.01. The van der Waals surface area contributed by atoms with Crippen LogP contribution in [0.5, 0.6) is 11.5 Å². The van der Waals surface area contributed by atoms with E-state index in [1.165, 1.54) is 19.1 Å². The lowest BCUT2D eigenvalue weighted by Crippen LogP contribution is -2.16. The number of ether oxygens (including phenoxy) is 1. The van der Waals surface area contributed by atoms with E-state index in [1.54, 1.807) is 18.2 Å². The molecule has 1 unspecified atom stereocenters. The summed E-state index contributed by atoms with van der Waals surface area (Å²) in [5.74, 6) is 0.474. The summed E-state index contributed by atoms with van der Waals surface area (Å²) in [6.07, 6.45) is -3.05. The molecule has 0 bridgehead atoms. The van der Waals surface area contributed by atoms with E-state index in [0.717, 1.165) is 17.7 Å². The molecule has 0 amide bonds. The fraction of sp³-hybridized carbons (Fsp3) is 0.333. The number of alkyl halides is 3. The molecule has 2 rings (SSSR count). The molecule has 2 aromatic rings. The number of benzene rings is 2. The van der Waals surface area contributed by atoms with E-state index in [2.05, 4.69) is 0 Å². The van der Waals surface area contributed by atoms with E-state index in [1.807, 2.05) is 6.07 Å². The summed E-state index contributed by atoms with van der Waals surface area (Å²) in [5.41, 5.74) is 0.0716. The van der Waals surface area contributed by atoms with Gasteiger partial charge < -0.3 is 4.74 Å². The van der Waals surface area contributed by atoms with Crippen LogP contribution in [0, 0.1) is 0 Å². The normalized spacial score (nSPS) is 13.4. The highest BCUT2D eigenvalue weighted by atomic mass is 32.2. The van der Waals surface area contributed by atoms with Crippen molar-refractivity contribution in [2.24, 2.45) is 0 Å². The van der Waals surface area contributed by atoms with Gasteiger partial charge in [-0.15, -0.1) is 0 Å². The molecule has 0 aromatic heterocycles. The maximum atomic E-state index is 12.7. The predicted octanol–water partition coefficient (Wildman–Crippen LogP) is 5.10. The van der Waals surface area contributed by atoms with Crippen LogP contribution in [0.4, 0.5) is 13.2 Å². The van der Waals surface area contributed by atoms with Crippen LogP contribution >= 0.6 is 0 Å². The van der Waals surface area contributed by atoms with Crippen LogP contribution in [0.25, 0.3) is 0 Å². The Hall–Kier alpha value is -2.06. The van der Waals surface area contributed by atoms with Gasteiger partial charge in [0.1, 0.15) is 11.5 Å². The van der Waals surface area contributed by atoms with Crippen LogP contribution in [0.2, 0.25) is 0 Å². The molecule has 0 aliphatic carbocycles. The smallest absolute Gasteiger partial charge is 0.416 e. The first-order valence-corrected chi connectivity index (χ1v) is 9.46. The molecule has 26 heavy (non-hydrogen) atoms. The summed E-state index contributed by atoms with van der Waals surface area (Å²) in [6, 6.07) is 11.5. The summed E-state index contributed by atoms with van der Waals surface area (Å²) < 4.78 is 74.6. The van der Waals surface area contributed by atoms with Crippen molar-refractivity contribution < 1.29 is 30.9 Å². The van der Waals surface area contributed by atoms with E-state index < -0.39 is 27.1 Å². The van der Waals surface area contributed by atoms with Gasteiger partial charge in [0.25, 0.3) is 10.1 Å². The molecule has 142 valence electrons. The fourth-order valence-electron chi connectivity index (χ4n) is 2.38. The van der Waals surface area contributed by atoms with Gasteiger partial charge in [0.15, 0.2) is 0 Å². The van der Waals surface area contributed by atoms with Crippen LogP contribution in [0.15, 0.2) is 48.5 Å². The lowest BCUT2D eigenvalue weighted by molar-refractivity contribution is -0.137. The molecule has 0 saturated carbocycles. The Morgan fingerprint density at radius 1 is 1.08 bits per heavy atom. The van der Waals surface area contributed by atoms with Crippen molar-refractivity contribution in [2.75, 3.05) is 0 Å². The first-order chi connectivity index (χ1) is 12.1. The van der Waals surface area contributed by atoms with Gasteiger partial charge in [-0.25, -0.2) is 0 Å². The van der Waals surface area contributed by atoms with Crippen LogP contribution in [0.3, 0.4) is 0 Å². The molecule has 2 aromatic carbocycles. The highest BCUT2D eigenvalue weighted by Crippen LogP contribution is 2.32. The van der Waals surface area contributed by atoms with Gasteiger partial charge in [0.05, 0.1) is 10.8 Å². The Bertz CT molecular complexity index is 848. The van der Waals surface area contributed by atoms with Crippen LogP contribution in [-0.2, 0) is 22.7 Å². The standard InChI is InChI=1S/C18H19F3O4S/c1-13(26(22,23)24)5-2-6-14-7-3-9-16(11-14)25-17-10-4-8-15(12-17)18(19,20)21/h3-4,7-13H,2,5-6H2,1H3,(H,22,23,24). The Morgan fingerprint density at radius 2 is 1.69 bits per heavy atom. The third-order valence-electron chi connectivity index (χ3n) is 3.88. The Kier molecular flexibility index (Phi) is 6.30. The molecule has 0 aliphatic heterocycles. The Labute approximate surface area is 150 Å². The summed E-state index contributed by atoms with van der Waals surface area (Å²) >= 11 is 0. The van der Waals surface area contributed by atoms with Gasteiger partial charge in [0.2, 0.25) is 0 Å². The molecular formula is C18H19F3O4S. The monoisotopic (exact) mass is 388 g/mol. The summed E-state index contributed by atoms with van der Waals surface area (Å²) in [5, 5.41) is -0.841. The molecule has 4 nitrogen and oxygen atoms in total. The minimum atomic E-state index is -4.44. The van der Waals surface area contributed by atoms with Crippen LogP contribution < -0.4 is 4.74 Å². The van der Waals surface area contributed by atoms with Crippen molar-refractivity contribution in [3.8, 4) is 11.5 Å². The largest absolute Gasteiger partial charge is 0.457 e. The van der Waals surface area contributed by atoms with E-state index in [0.29, 0.717) is 25.0 Å². The van der Waals surface area contributed by atoms with Crippen LogP contribution in [0.1, 0.15) is 30.9 Å². The van der Waals surface area contributed by atoms with E-state index in [9.17, 15) is 21.6 Å². The molecule has 0 fully saturated rings. The number of hydrogen-bond acceptors (Lipinski definition) is 3. The number of rotatable bonds is 7. The summed E-state index contributed by atoms with van der Waals surface area (Å²) in [6.45, 7) is 1.43. The van der Waals surface area contributed by atoms with Crippen molar-refractivity contribution in [1.29, 1.82) is 0 Å². The van der Waals surface area contributed by atoms with Gasteiger partial charge in [-0.3, -0.25) is 4.55 Å². The number of halogens is 3. The van der Waals surface area contributed by atoms with Crippen LogP contribution in [-0.4, -0.2) is 18.2 Å². The first kappa shape index (κ1) is 20.3. The van der Waals surface area contributed by atoms with E-state index >= 15 is 0 Å². The first-order valence-electron chi connectivity index (χ1n) is 7.96. The zero-order chi connectivity index (χ0) is 19.4. The molecule has 0 heterocycles. The minimum absolute atomic E-state index is 0.0805. The average molecular weight is 388 g/mol. The Morgan fingerprint density at radius 3 is 2.31 bits per heavy atom. The molecule has 1 atom stereocenters. The van der Waals surface area contributed by atoms with Gasteiger partial charge >= 0.3 is 6.18 Å². The maximum absolute atomic E-state index is 12.7. The lowest BCUT2D eigenvalue weighted by atomic mass is 10.1. The molecule has 1 N–H and O–H groups in total. The third-order valence-corrected chi connectivity index (χ3v) is 5.13. The van der Waals surface area contributed by atoms with Gasteiger partial charge in [-0.2, -0.15) is 21.6 Å². The molecule has 8 heteroatoms. The third kappa shape index (κ3) is 6.03. The zero-order valence-electron chi connectivity index (χ0n) is 14.0. The molecule has 0 radical (unpaired) electrons. The van der Waals surface area contributed by atoms with Crippen molar-refractivity contribution in [1.82, 2.24) is 0 Å². The van der Waals surface area contributed by atoms with Crippen molar-refractivity contribution in [2.45, 2.75) is 37.6 Å². The van der Waals surface area contributed by atoms with Gasteiger partial charge in [0, 0.05) is 0 Å². The van der Waals surface area contributed by atoms with E-state index in [-0.39, 0.29) is 5.75 Å². The molecule has 0 spiro atoms. The molecular weight excluding hydrogens is 369 g/mol. The quantitative estimate of drug-likeness (QED) is 0.671. The number of hydrogen-bond donors (Lipinski definition) is 1. The topological polar surface area (TPSA) is 63.6 Å². The van der Waals surface area contributed by atoms with Gasteiger partial charge in [-0.1, -0.05) is 18.2 Å². The fourth-order valence-corrected chi connectivity index (χ4v) is 2.84. The molecule has 0 aliphatic rings. The molecule has 0 saturated heterocycles. The maximum Gasteiger partial charge on any atom is 0.416 e. The number of aryl methyl sites for hydroxylation is 1. The summed E-state index contributed by atoms with van der Waals surface area (Å²) in [7, 11) is -4.04. The van der Waals surface area contributed by atoms with Crippen molar-refractivity contribution in [3.05, 3.63) is 59.7 Å². The lowest BCUT2D eigenvalue weighted by Gasteiger charge is -2.11. The average Bonchev–Trinajstić information content (AvgIpc) is 2.54. The second-order valence-electron chi connectivity index (χ2n) is 5.99. The van der Waals surface area contributed by atoms with E-state index in [4.69, 9.17) is 9.29 Å². The SMILES string of the molecule is CC(CCCc1cccc(Oc2cccc(C(F)(F)F)c2)c1)S(=O)(=O)O. The second kappa shape index (κ2) is 8.09. The second-order valence-corrected chi connectivity index (χ2v) is 7.83.